The van der Waals surface area contributed by atoms with Gasteiger partial charge in [-0.2, -0.15) is 8.78 Å². The summed E-state index contributed by atoms with van der Waals surface area (Å²) in [4.78, 5) is 20.7. The van der Waals surface area contributed by atoms with E-state index in [1.54, 1.807) is 30.4 Å². The third-order valence-electron chi connectivity index (χ3n) is 6.09. The Hall–Kier alpha value is -2.49. The molecular formula is C27H32F2IN3O2. The number of carbonyl (C=O) groups is 1. The molecule has 0 atom stereocenters. The lowest BCUT2D eigenvalue weighted by Gasteiger charge is -2.22. The molecule has 2 heterocycles. The molecule has 3 rings (SSSR count). The number of benzene rings is 1. The number of rotatable bonds is 11. The van der Waals surface area contributed by atoms with Gasteiger partial charge in [-0.15, -0.1) is 0 Å². The van der Waals surface area contributed by atoms with Crippen LogP contribution in [0.4, 0.5) is 8.78 Å². The molecule has 1 aromatic heterocycles. The van der Waals surface area contributed by atoms with E-state index in [1.165, 1.54) is 4.90 Å². The second-order valence-corrected chi connectivity index (χ2v) is 11.2. The van der Waals surface area contributed by atoms with Crippen LogP contribution in [-0.2, 0) is 13.1 Å². The summed E-state index contributed by atoms with van der Waals surface area (Å²) in [5.41, 5.74) is 4.03. The maximum atomic E-state index is 13.3. The SMILES string of the molecule is C=C/C(=C\N(C)CC(F)(F)I)c1ccc(CN2Cc3ccnc(OCC(C)(C)CC)c3C2=O)cc1. The fourth-order valence-electron chi connectivity index (χ4n) is 3.71. The van der Waals surface area contributed by atoms with Crippen molar-refractivity contribution < 1.29 is 18.3 Å². The number of carbonyl (C=O) groups excluding carboxylic acids is 1. The number of halogens is 3. The van der Waals surface area contributed by atoms with Gasteiger partial charge < -0.3 is 14.5 Å². The van der Waals surface area contributed by atoms with E-state index >= 15 is 0 Å². The number of pyridine rings is 1. The number of hydrogen-bond donors (Lipinski definition) is 0. The zero-order valence-corrected chi connectivity index (χ0v) is 22.8. The predicted molar refractivity (Wildman–Crippen MR) is 144 cm³/mol. The third kappa shape index (κ3) is 7.25. The number of hydrogen-bond acceptors (Lipinski definition) is 4. The van der Waals surface area contributed by atoms with E-state index in [0.29, 0.717) is 31.1 Å². The van der Waals surface area contributed by atoms with Crippen molar-refractivity contribution in [2.75, 3.05) is 20.2 Å². The first-order valence-corrected chi connectivity index (χ1v) is 12.6. The number of amides is 1. The summed E-state index contributed by atoms with van der Waals surface area (Å²) >= 11 is 1.13. The Labute approximate surface area is 220 Å². The van der Waals surface area contributed by atoms with Gasteiger partial charge in [0.05, 0.1) is 13.2 Å². The molecule has 35 heavy (non-hydrogen) atoms. The number of aromatic nitrogens is 1. The van der Waals surface area contributed by atoms with Crippen LogP contribution in [0, 0.1) is 5.41 Å². The van der Waals surface area contributed by atoms with E-state index in [9.17, 15) is 13.6 Å². The van der Waals surface area contributed by atoms with Gasteiger partial charge in [0.15, 0.2) is 0 Å². The Bertz CT molecular complexity index is 1090. The Morgan fingerprint density at radius 2 is 1.97 bits per heavy atom. The highest BCUT2D eigenvalue weighted by Crippen LogP contribution is 2.32. The molecule has 0 N–H and O–H groups in total. The summed E-state index contributed by atoms with van der Waals surface area (Å²) < 4.78 is 29.7. The molecule has 0 saturated carbocycles. The monoisotopic (exact) mass is 595 g/mol. The number of nitrogens with zero attached hydrogens (tertiary/aromatic N) is 3. The molecule has 0 aliphatic carbocycles. The smallest absolute Gasteiger partial charge is 0.313 e. The van der Waals surface area contributed by atoms with E-state index in [4.69, 9.17) is 4.74 Å². The molecule has 0 bridgehead atoms. The summed E-state index contributed by atoms with van der Waals surface area (Å²) in [6, 6.07) is 9.57. The van der Waals surface area contributed by atoms with Crippen LogP contribution in [0.1, 0.15) is 54.2 Å². The van der Waals surface area contributed by atoms with E-state index in [-0.39, 0.29) is 11.3 Å². The van der Waals surface area contributed by atoms with Crippen LogP contribution in [0.5, 0.6) is 5.88 Å². The minimum atomic E-state index is -2.81. The lowest BCUT2D eigenvalue weighted by atomic mass is 9.92. The highest BCUT2D eigenvalue weighted by molar-refractivity contribution is 14.1. The number of allylic oxidation sites excluding steroid dienone is 2. The van der Waals surface area contributed by atoms with Gasteiger partial charge in [-0.3, -0.25) is 4.79 Å². The number of fused-ring (bicyclic) bond motifs is 1. The lowest BCUT2D eigenvalue weighted by Crippen LogP contribution is -2.25. The van der Waals surface area contributed by atoms with Gasteiger partial charge in [0.25, 0.3) is 5.91 Å². The zero-order chi connectivity index (χ0) is 25.8. The van der Waals surface area contributed by atoms with Gasteiger partial charge in [0, 0.05) is 55.1 Å². The quantitative estimate of drug-likeness (QED) is 0.168. The molecule has 188 valence electrons. The van der Waals surface area contributed by atoms with E-state index in [2.05, 4.69) is 32.3 Å². The number of alkyl halides is 3. The second-order valence-electron chi connectivity index (χ2n) is 9.63. The zero-order valence-electron chi connectivity index (χ0n) is 20.7. The molecule has 1 aromatic carbocycles. The molecule has 2 aromatic rings. The maximum Gasteiger partial charge on any atom is 0.313 e. The summed E-state index contributed by atoms with van der Waals surface area (Å²) in [5.74, 6) is 0.309. The Balaban J connectivity index is 1.70. The van der Waals surface area contributed by atoms with Gasteiger partial charge in [-0.1, -0.05) is 57.7 Å². The average Bonchev–Trinajstić information content (AvgIpc) is 3.11. The highest BCUT2D eigenvalue weighted by atomic mass is 127. The average molecular weight is 595 g/mol. The van der Waals surface area contributed by atoms with Crippen LogP contribution in [0.25, 0.3) is 5.57 Å². The van der Waals surface area contributed by atoms with Crippen molar-refractivity contribution >= 4 is 34.1 Å². The third-order valence-corrected chi connectivity index (χ3v) is 6.43. The van der Waals surface area contributed by atoms with Gasteiger partial charge in [0.2, 0.25) is 5.88 Å². The molecule has 1 aliphatic rings. The first kappa shape index (κ1) is 27.1. The Kier molecular flexibility index (Phi) is 8.56. The molecule has 0 saturated heterocycles. The molecular weight excluding hydrogens is 563 g/mol. The molecule has 0 radical (unpaired) electrons. The predicted octanol–water partition coefficient (Wildman–Crippen LogP) is 6.54. The first-order chi connectivity index (χ1) is 16.4. The molecule has 0 fully saturated rings. The minimum Gasteiger partial charge on any atom is -0.477 e. The van der Waals surface area contributed by atoms with Crippen molar-refractivity contribution in [1.82, 2.24) is 14.8 Å². The van der Waals surface area contributed by atoms with Crippen LogP contribution in [0.3, 0.4) is 0 Å². The van der Waals surface area contributed by atoms with Crippen LogP contribution in [-0.4, -0.2) is 44.8 Å². The van der Waals surface area contributed by atoms with Gasteiger partial charge in [-0.05, 0) is 40.2 Å². The van der Waals surface area contributed by atoms with Crippen molar-refractivity contribution in [3.63, 3.8) is 0 Å². The fraction of sp³-hybridized carbons (Fsp3) is 0.407. The summed E-state index contributed by atoms with van der Waals surface area (Å²) in [5, 5.41) is 0. The van der Waals surface area contributed by atoms with Gasteiger partial charge in [-0.25, -0.2) is 4.98 Å². The molecule has 8 heteroatoms. The summed E-state index contributed by atoms with van der Waals surface area (Å²) in [6.07, 6.45) is 5.95. The van der Waals surface area contributed by atoms with E-state index < -0.39 is 10.5 Å². The molecule has 0 unspecified atom stereocenters. The minimum absolute atomic E-state index is 0.00191. The first-order valence-electron chi connectivity index (χ1n) is 11.5. The van der Waals surface area contributed by atoms with Crippen LogP contribution >= 0.6 is 22.6 Å². The molecule has 0 spiro atoms. The topological polar surface area (TPSA) is 45.7 Å². The van der Waals surface area contributed by atoms with Crippen molar-refractivity contribution in [3.05, 3.63) is 77.6 Å². The van der Waals surface area contributed by atoms with Crippen molar-refractivity contribution in [2.45, 2.75) is 44.2 Å². The van der Waals surface area contributed by atoms with Crippen LogP contribution in [0.15, 0.2) is 55.4 Å². The molecule has 1 amide bonds. The van der Waals surface area contributed by atoms with Gasteiger partial charge >= 0.3 is 3.93 Å². The lowest BCUT2D eigenvalue weighted by molar-refractivity contribution is 0.0759. The standard InChI is InChI=1S/C27H32F2IN3O2/c1-6-20(15-32(5)17-27(28,29)30)21-10-8-19(9-11-21)14-33-16-22-12-13-31-24(23(22)25(33)34)35-18-26(3,4)7-2/h6,8-13,15H,1,7,14,16-18H2,2-5H3/b20-15+. The summed E-state index contributed by atoms with van der Waals surface area (Å²) in [6.45, 7) is 11.2. The second kappa shape index (κ2) is 11.1. The fourth-order valence-corrected chi connectivity index (χ4v) is 4.25. The van der Waals surface area contributed by atoms with Crippen molar-refractivity contribution in [1.29, 1.82) is 0 Å². The van der Waals surface area contributed by atoms with E-state index in [1.807, 2.05) is 30.3 Å². The normalized spacial score (nSPS) is 14.2. The van der Waals surface area contributed by atoms with Crippen molar-refractivity contribution in [2.24, 2.45) is 5.41 Å². The summed E-state index contributed by atoms with van der Waals surface area (Å²) in [7, 11) is 1.61. The van der Waals surface area contributed by atoms with Gasteiger partial charge in [0.1, 0.15) is 5.56 Å². The highest BCUT2D eigenvalue weighted by Gasteiger charge is 2.32. The molecule has 1 aliphatic heterocycles. The maximum absolute atomic E-state index is 13.3. The van der Waals surface area contributed by atoms with E-state index in [0.717, 1.165) is 51.3 Å². The largest absolute Gasteiger partial charge is 0.477 e. The Morgan fingerprint density at radius 1 is 1.29 bits per heavy atom. The molecule has 5 nitrogen and oxygen atoms in total. The Morgan fingerprint density at radius 3 is 2.57 bits per heavy atom. The van der Waals surface area contributed by atoms with Crippen molar-refractivity contribution in [3.8, 4) is 5.88 Å². The van der Waals surface area contributed by atoms with Crippen LogP contribution in [0.2, 0.25) is 0 Å². The number of ether oxygens (including phenoxy) is 1. The van der Waals surface area contributed by atoms with Crippen LogP contribution < -0.4 is 4.74 Å².